The number of carboxylic acid groups (broad SMARTS) is 1. The van der Waals surface area contributed by atoms with Gasteiger partial charge in [0.05, 0.1) is 0 Å². The fraction of sp³-hybridized carbons (Fsp3) is 0.273. The van der Waals surface area contributed by atoms with Gasteiger partial charge in [0.2, 0.25) is 0 Å². The normalized spacial score (nSPS) is 11.7. The van der Waals surface area contributed by atoms with Crippen molar-refractivity contribution < 1.29 is 19.4 Å². The van der Waals surface area contributed by atoms with E-state index < -0.39 is 17.9 Å². The Balaban J connectivity index is 2.50. The summed E-state index contributed by atoms with van der Waals surface area (Å²) in [6, 6.07) is 3.56. The lowest BCUT2D eigenvalue weighted by atomic mass is 10.3. The summed E-state index contributed by atoms with van der Waals surface area (Å²) in [6.07, 6.45) is 0. The molecule has 5 nitrogen and oxygen atoms in total. The number of amides is 1. The molecule has 1 rings (SSSR count). The van der Waals surface area contributed by atoms with Crippen molar-refractivity contribution in [2.75, 3.05) is 6.61 Å². The number of ether oxygens (including phenoxy) is 1. The van der Waals surface area contributed by atoms with E-state index in [2.05, 4.69) is 5.32 Å². The van der Waals surface area contributed by atoms with E-state index in [0.717, 1.165) is 0 Å². The Bertz CT molecular complexity index is 444. The van der Waals surface area contributed by atoms with E-state index in [1.165, 1.54) is 25.1 Å². The van der Waals surface area contributed by atoms with Crippen LogP contribution in [-0.4, -0.2) is 29.6 Å². The minimum Gasteiger partial charge on any atom is -0.484 e. The minimum absolute atomic E-state index is 0.311. The molecule has 0 aromatic heterocycles. The van der Waals surface area contributed by atoms with Crippen molar-refractivity contribution in [3.8, 4) is 5.75 Å². The van der Waals surface area contributed by atoms with Gasteiger partial charge in [-0.2, -0.15) is 0 Å². The van der Waals surface area contributed by atoms with E-state index >= 15 is 0 Å². The molecule has 1 atom stereocenters. The molecular weight excluding hydrogens is 281 g/mol. The van der Waals surface area contributed by atoms with E-state index in [-0.39, 0.29) is 6.61 Å². The Morgan fingerprint density at radius 2 is 1.89 bits per heavy atom. The lowest BCUT2D eigenvalue weighted by Gasteiger charge is -2.10. The molecule has 1 aromatic rings. The minimum atomic E-state index is -1.12. The highest BCUT2D eigenvalue weighted by molar-refractivity contribution is 6.34. The predicted octanol–water partition coefficient (Wildman–Crippen LogP) is 1.96. The zero-order valence-electron chi connectivity index (χ0n) is 9.44. The van der Waals surface area contributed by atoms with E-state index in [9.17, 15) is 9.59 Å². The van der Waals surface area contributed by atoms with Gasteiger partial charge in [-0.15, -0.1) is 0 Å². The van der Waals surface area contributed by atoms with Gasteiger partial charge in [0.25, 0.3) is 5.91 Å². The van der Waals surface area contributed by atoms with Gasteiger partial charge in [-0.05, 0) is 25.1 Å². The summed E-state index contributed by atoms with van der Waals surface area (Å²) < 4.78 is 5.14. The molecule has 7 heteroatoms. The maximum atomic E-state index is 11.3. The van der Waals surface area contributed by atoms with Crippen molar-refractivity contribution >= 4 is 35.1 Å². The van der Waals surface area contributed by atoms with E-state index in [1.54, 1.807) is 0 Å². The molecule has 0 aliphatic rings. The van der Waals surface area contributed by atoms with Crippen molar-refractivity contribution in [1.82, 2.24) is 5.32 Å². The van der Waals surface area contributed by atoms with Crippen LogP contribution in [0.5, 0.6) is 5.75 Å². The summed E-state index contributed by atoms with van der Waals surface area (Å²) in [7, 11) is 0. The molecule has 0 radical (unpaired) electrons. The number of hydrogen-bond donors (Lipinski definition) is 2. The molecule has 2 N–H and O–H groups in total. The number of carbonyl (C=O) groups excluding carboxylic acids is 1. The summed E-state index contributed by atoms with van der Waals surface area (Å²) in [5, 5.41) is 11.6. The maximum absolute atomic E-state index is 11.3. The Hall–Kier alpha value is -1.46. The predicted molar refractivity (Wildman–Crippen MR) is 67.2 cm³/mol. The lowest BCUT2D eigenvalue weighted by molar-refractivity contribution is -0.141. The van der Waals surface area contributed by atoms with Gasteiger partial charge in [0.15, 0.2) is 6.61 Å². The largest absolute Gasteiger partial charge is 0.484 e. The number of benzene rings is 1. The molecule has 18 heavy (non-hydrogen) atoms. The quantitative estimate of drug-likeness (QED) is 0.870. The summed E-state index contributed by atoms with van der Waals surface area (Å²) in [5.41, 5.74) is 0. The average Bonchev–Trinajstić information content (AvgIpc) is 2.25. The van der Waals surface area contributed by atoms with Crippen LogP contribution in [0.3, 0.4) is 0 Å². The topological polar surface area (TPSA) is 75.6 Å². The zero-order valence-corrected chi connectivity index (χ0v) is 11.0. The standard InChI is InChI=1S/C11H11Cl2NO4/c1-6(11(16)17)14-10(15)5-18-9-3-7(12)2-8(13)4-9/h2-4,6H,5H2,1H3,(H,14,15)(H,16,17). The highest BCUT2D eigenvalue weighted by Crippen LogP contribution is 2.23. The Kier molecular flexibility index (Phi) is 5.25. The van der Waals surface area contributed by atoms with Gasteiger partial charge in [-0.1, -0.05) is 23.2 Å². The van der Waals surface area contributed by atoms with Crippen LogP contribution in [0, 0.1) is 0 Å². The monoisotopic (exact) mass is 291 g/mol. The van der Waals surface area contributed by atoms with Crippen molar-refractivity contribution in [1.29, 1.82) is 0 Å². The van der Waals surface area contributed by atoms with Gasteiger partial charge >= 0.3 is 5.97 Å². The van der Waals surface area contributed by atoms with Crippen LogP contribution in [0.15, 0.2) is 18.2 Å². The Morgan fingerprint density at radius 1 is 1.33 bits per heavy atom. The molecular formula is C11H11Cl2NO4. The van der Waals surface area contributed by atoms with Gasteiger partial charge < -0.3 is 15.2 Å². The number of halogens is 2. The zero-order chi connectivity index (χ0) is 13.7. The van der Waals surface area contributed by atoms with Gasteiger partial charge in [0.1, 0.15) is 11.8 Å². The summed E-state index contributed by atoms with van der Waals surface area (Å²) >= 11 is 11.5. The van der Waals surface area contributed by atoms with Crippen molar-refractivity contribution in [3.05, 3.63) is 28.2 Å². The van der Waals surface area contributed by atoms with Crippen LogP contribution in [0.2, 0.25) is 10.0 Å². The summed E-state index contributed by atoms with van der Waals surface area (Å²) in [4.78, 5) is 21.8. The van der Waals surface area contributed by atoms with Crippen LogP contribution >= 0.6 is 23.2 Å². The van der Waals surface area contributed by atoms with E-state index in [4.69, 9.17) is 33.0 Å². The molecule has 1 unspecified atom stereocenters. The Morgan fingerprint density at radius 3 is 2.39 bits per heavy atom. The van der Waals surface area contributed by atoms with Crippen LogP contribution < -0.4 is 10.1 Å². The maximum Gasteiger partial charge on any atom is 0.325 e. The lowest BCUT2D eigenvalue weighted by Crippen LogP contribution is -2.40. The third-order valence-electron chi connectivity index (χ3n) is 1.95. The van der Waals surface area contributed by atoms with Crippen molar-refractivity contribution in [2.24, 2.45) is 0 Å². The fourth-order valence-corrected chi connectivity index (χ4v) is 1.61. The first-order valence-corrected chi connectivity index (χ1v) is 5.75. The molecule has 0 aliphatic carbocycles. The molecule has 1 aromatic carbocycles. The Labute approximate surface area is 114 Å². The van der Waals surface area contributed by atoms with Crippen LogP contribution in [0.25, 0.3) is 0 Å². The molecule has 0 fully saturated rings. The molecule has 0 spiro atoms. The number of nitrogens with one attached hydrogen (secondary N) is 1. The first kappa shape index (κ1) is 14.6. The van der Waals surface area contributed by atoms with Crippen LogP contribution in [0.4, 0.5) is 0 Å². The molecule has 0 saturated carbocycles. The third kappa shape index (κ3) is 4.81. The van der Waals surface area contributed by atoms with Gasteiger partial charge in [-0.3, -0.25) is 9.59 Å². The fourth-order valence-electron chi connectivity index (χ4n) is 1.11. The van der Waals surface area contributed by atoms with Crippen LogP contribution in [-0.2, 0) is 9.59 Å². The average molecular weight is 292 g/mol. The second kappa shape index (κ2) is 6.47. The van der Waals surface area contributed by atoms with E-state index in [1.807, 2.05) is 0 Å². The number of aliphatic carboxylic acids is 1. The summed E-state index contributed by atoms with van der Waals surface area (Å²) in [5.74, 6) is -1.32. The number of carbonyl (C=O) groups is 2. The smallest absolute Gasteiger partial charge is 0.325 e. The van der Waals surface area contributed by atoms with Crippen molar-refractivity contribution in [2.45, 2.75) is 13.0 Å². The number of carboxylic acids is 1. The van der Waals surface area contributed by atoms with E-state index in [0.29, 0.717) is 15.8 Å². The highest BCUT2D eigenvalue weighted by Gasteiger charge is 2.14. The molecule has 0 bridgehead atoms. The van der Waals surface area contributed by atoms with Gasteiger partial charge in [-0.25, -0.2) is 0 Å². The first-order valence-electron chi connectivity index (χ1n) is 4.99. The first-order chi connectivity index (χ1) is 8.38. The second-order valence-electron chi connectivity index (χ2n) is 3.52. The molecule has 0 saturated heterocycles. The summed E-state index contributed by atoms with van der Waals surface area (Å²) in [6.45, 7) is 1.05. The SMILES string of the molecule is CC(NC(=O)COc1cc(Cl)cc(Cl)c1)C(=O)O. The number of hydrogen-bond acceptors (Lipinski definition) is 3. The second-order valence-corrected chi connectivity index (χ2v) is 4.39. The highest BCUT2D eigenvalue weighted by atomic mass is 35.5. The van der Waals surface area contributed by atoms with Crippen molar-refractivity contribution in [3.63, 3.8) is 0 Å². The third-order valence-corrected chi connectivity index (χ3v) is 2.39. The van der Waals surface area contributed by atoms with Gasteiger partial charge in [0, 0.05) is 10.0 Å². The van der Waals surface area contributed by atoms with Crippen LogP contribution in [0.1, 0.15) is 6.92 Å². The molecule has 0 heterocycles. The molecule has 98 valence electrons. The molecule has 0 aliphatic heterocycles. The number of rotatable bonds is 5. The molecule has 1 amide bonds.